The lowest BCUT2D eigenvalue weighted by Gasteiger charge is -2.19. The van der Waals surface area contributed by atoms with Crippen molar-refractivity contribution in [2.24, 2.45) is 0 Å². The van der Waals surface area contributed by atoms with Crippen LogP contribution >= 0.6 is 31.9 Å². The van der Waals surface area contributed by atoms with Gasteiger partial charge in [0.2, 0.25) is 0 Å². The molecule has 0 radical (unpaired) electrons. The number of ether oxygens (including phenoxy) is 2. The monoisotopic (exact) mass is 334 g/mol. The predicted octanol–water partition coefficient (Wildman–Crippen LogP) is 2.80. The molecular formula is C10H8Br2O3. The van der Waals surface area contributed by atoms with Gasteiger partial charge < -0.3 is 9.47 Å². The van der Waals surface area contributed by atoms with Crippen LogP contribution in [-0.4, -0.2) is 24.3 Å². The second-order valence-electron chi connectivity index (χ2n) is 3.03. The SMILES string of the molecule is O=C(CBr)c1cc2c(cc1Br)OCCO2. The van der Waals surface area contributed by atoms with Crippen molar-refractivity contribution in [3.05, 3.63) is 22.2 Å². The summed E-state index contributed by atoms with van der Waals surface area (Å²) in [7, 11) is 0. The van der Waals surface area contributed by atoms with Crippen LogP contribution in [0.25, 0.3) is 0 Å². The Kier molecular flexibility index (Phi) is 3.31. The van der Waals surface area contributed by atoms with Gasteiger partial charge in [-0.25, -0.2) is 0 Å². The predicted molar refractivity (Wildman–Crippen MR) is 63.3 cm³/mol. The molecule has 0 aliphatic carbocycles. The van der Waals surface area contributed by atoms with Crippen molar-refractivity contribution in [3.8, 4) is 11.5 Å². The average Bonchev–Trinajstić information content (AvgIpc) is 2.27. The quantitative estimate of drug-likeness (QED) is 0.616. The van der Waals surface area contributed by atoms with Crippen LogP contribution in [0.1, 0.15) is 10.4 Å². The number of fused-ring (bicyclic) bond motifs is 1. The Bertz CT molecular complexity index is 404. The molecule has 3 nitrogen and oxygen atoms in total. The minimum absolute atomic E-state index is 0.0128. The van der Waals surface area contributed by atoms with Gasteiger partial charge in [-0.05, 0) is 28.1 Å². The summed E-state index contributed by atoms with van der Waals surface area (Å²) in [4.78, 5) is 11.5. The Labute approximate surface area is 104 Å². The molecule has 80 valence electrons. The van der Waals surface area contributed by atoms with E-state index in [1.165, 1.54) is 0 Å². The van der Waals surface area contributed by atoms with Gasteiger partial charge in [-0.15, -0.1) is 0 Å². The molecule has 5 heteroatoms. The molecule has 2 rings (SSSR count). The third-order valence-electron chi connectivity index (χ3n) is 2.05. The molecule has 1 aromatic rings. The fourth-order valence-corrected chi connectivity index (χ4v) is 2.20. The number of rotatable bonds is 2. The zero-order valence-corrected chi connectivity index (χ0v) is 10.9. The molecule has 0 saturated carbocycles. The lowest BCUT2D eigenvalue weighted by molar-refractivity contribution is 0.102. The normalized spacial score (nSPS) is 13.7. The fraction of sp³-hybridized carbons (Fsp3) is 0.300. The number of Topliss-reactive ketones (excluding diaryl/α,β-unsaturated/α-hetero) is 1. The topological polar surface area (TPSA) is 35.5 Å². The fourth-order valence-electron chi connectivity index (χ4n) is 1.35. The zero-order valence-electron chi connectivity index (χ0n) is 7.76. The molecular weight excluding hydrogens is 328 g/mol. The standard InChI is InChI=1S/C10H8Br2O3/c11-5-8(13)6-3-9-10(4-7(6)12)15-2-1-14-9/h3-4H,1-2,5H2. The first-order valence-corrected chi connectivity index (χ1v) is 6.32. The summed E-state index contributed by atoms with van der Waals surface area (Å²) >= 11 is 6.48. The minimum atomic E-state index is 0.0128. The summed E-state index contributed by atoms with van der Waals surface area (Å²) in [6, 6.07) is 3.48. The molecule has 0 N–H and O–H groups in total. The van der Waals surface area contributed by atoms with Gasteiger partial charge in [0.25, 0.3) is 0 Å². The van der Waals surface area contributed by atoms with E-state index >= 15 is 0 Å². The van der Waals surface area contributed by atoms with Crippen molar-refractivity contribution >= 4 is 37.6 Å². The smallest absolute Gasteiger partial charge is 0.174 e. The number of carbonyl (C=O) groups excluding carboxylic acids is 1. The van der Waals surface area contributed by atoms with Crippen LogP contribution in [0.2, 0.25) is 0 Å². The second-order valence-corrected chi connectivity index (χ2v) is 4.45. The number of carbonyl (C=O) groups is 1. The molecule has 1 aliphatic rings. The summed E-state index contributed by atoms with van der Waals surface area (Å²) in [5, 5.41) is 0.297. The van der Waals surface area contributed by atoms with Gasteiger partial charge in [0, 0.05) is 10.0 Å². The third-order valence-corrected chi connectivity index (χ3v) is 3.22. The van der Waals surface area contributed by atoms with Crippen molar-refractivity contribution < 1.29 is 14.3 Å². The van der Waals surface area contributed by atoms with Crippen LogP contribution < -0.4 is 9.47 Å². The van der Waals surface area contributed by atoms with Crippen molar-refractivity contribution in [2.45, 2.75) is 0 Å². The van der Waals surface area contributed by atoms with Crippen LogP contribution in [0, 0.1) is 0 Å². The zero-order chi connectivity index (χ0) is 10.8. The minimum Gasteiger partial charge on any atom is -0.486 e. The van der Waals surface area contributed by atoms with Gasteiger partial charge in [0.1, 0.15) is 13.2 Å². The first-order valence-electron chi connectivity index (χ1n) is 4.40. The van der Waals surface area contributed by atoms with E-state index in [0.29, 0.717) is 35.6 Å². The van der Waals surface area contributed by atoms with Crippen LogP contribution in [0.15, 0.2) is 16.6 Å². The first kappa shape index (κ1) is 11.0. The van der Waals surface area contributed by atoms with Gasteiger partial charge in [-0.2, -0.15) is 0 Å². The molecule has 1 heterocycles. The Morgan fingerprint density at radius 3 is 2.47 bits per heavy atom. The summed E-state index contributed by atoms with van der Waals surface area (Å²) in [6.07, 6.45) is 0. The maximum absolute atomic E-state index is 11.5. The van der Waals surface area contributed by atoms with Crippen molar-refractivity contribution in [1.29, 1.82) is 0 Å². The van der Waals surface area contributed by atoms with Gasteiger partial charge in [-0.3, -0.25) is 4.79 Å². The Balaban J connectivity index is 2.44. The number of benzene rings is 1. The van der Waals surface area contributed by atoms with Crippen molar-refractivity contribution in [1.82, 2.24) is 0 Å². The van der Waals surface area contributed by atoms with Crippen LogP contribution in [0.3, 0.4) is 0 Å². The van der Waals surface area contributed by atoms with E-state index in [1.807, 2.05) is 0 Å². The average molecular weight is 336 g/mol. The third kappa shape index (κ3) is 2.18. The molecule has 0 bridgehead atoms. The lowest BCUT2D eigenvalue weighted by Crippen LogP contribution is -2.16. The molecule has 0 aromatic heterocycles. The van der Waals surface area contributed by atoms with Gasteiger partial charge >= 0.3 is 0 Å². The highest BCUT2D eigenvalue weighted by molar-refractivity contribution is 9.10. The Morgan fingerprint density at radius 2 is 1.87 bits per heavy atom. The second kappa shape index (κ2) is 4.53. The molecule has 1 aliphatic heterocycles. The summed E-state index contributed by atoms with van der Waals surface area (Å²) < 4.78 is 11.5. The van der Waals surface area contributed by atoms with E-state index in [4.69, 9.17) is 9.47 Å². The number of alkyl halides is 1. The molecule has 0 saturated heterocycles. The molecule has 0 fully saturated rings. The summed E-state index contributed by atoms with van der Waals surface area (Å²) in [5.41, 5.74) is 0.608. The maximum atomic E-state index is 11.5. The van der Waals surface area contributed by atoms with E-state index in [9.17, 15) is 4.79 Å². The summed E-state index contributed by atoms with van der Waals surface area (Å²) in [5.74, 6) is 1.33. The molecule has 0 unspecified atom stereocenters. The highest BCUT2D eigenvalue weighted by Gasteiger charge is 2.17. The van der Waals surface area contributed by atoms with E-state index in [2.05, 4.69) is 31.9 Å². The molecule has 15 heavy (non-hydrogen) atoms. The maximum Gasteiger partial charge on any atom is 0.174 e. The van der Waals surface area contributed by atoms with E-state index in [1.54, 1.807) is 12.1 Å². The molecule has 0 atom stereocenters. The number of hydrogen-bond acceptors (Lipinski definition) is 3. The van der Waals surface area contributed by atoms with Gasteiger partial charge in [0.15, 0.2) is 17.3 Å². The first-order chi connectivity index (χ1) is 7.22. The largest absolute Gasteiger partial charge is 0.486 e. The number of ketones is 1. The molecule has 0 amide bonds. The van der Waals surface area contributed by atoms with Crippen molar-refractivity contribution in [3.63, 3.8) is 0 Å². The number of halogens is 2. The molecule has 1 aromatic carbocycles. The van der Waals surface area contributed by atoms with Crippen molar-refractivity contribution in [2.75, 3.05) is 18.5 Å². The highest BCUT2D eigenvalue weighted by atomic mass is 79.9. The van der Waals surface area contributed by atoms with Gasteiger partial charge in [-0.1, -0.05) is 15.9 Å². The Hall–Kier alpha value is -0.550. The van der Waals surface area contributed by atoms with Gasteiger partial charge in [0.05, 0.1) is 5.33 Å². The summed E-state index contributed by atoms with van der Waals surface area (Å²) in [6.45, 7) is 1.07. The van der Waals surface area contributed by atoms with E-state index in [0.717, 1.165) is 4.47 Å². The molecule has 0 spiro atoms. The lowest BCUT2D eigenvalue weighted by atomic mass is 10.1. The highest BCUT2D eigenvalue weighted by Crippen LogP contribution is 2.35. The van der Waals surface area contributed by atoms with Crippen LogP contribution in [0.4, 0.5) is 0 Å². The van der Waals surface area contributed by atoms with E-state index in [-0.39, 0.29) is 5.78 Å². The van der Waals surface area contributed by atoms with Crippen LogP contribution in [-0.2, 0) is 0 Å². The van der Waals surface area contributed by atoms with Crippen LogP contribution in [0.5, 0.6) is 11.5 Å². The van der Waals surface area contributed by atoms with E-state index < -0.39 is 0 Å². The Morgan fingerprint density at radius 1 is 1.27 bits per heavy atom. The number of hydrogen-bond donors (Lipinski definition) is 0.